The van der Waals surface area contributed by atoms with Gasteiger partial charge in [-0.05, 0) is 104 Å². The fraction of sp³-hybridized carbons (Fsp3) is 0.519. The molecule has 162 valence electrons. The van der Waals surface area contributed by atoms with Crippen molar-refractivity contribution < 1.29 is 14.7 Å². The molecule has 5 rings (SSSR count). The lowest BCUT2D eigenvalue weighted by molar-refractivity contribution is -0.129. The van der Waals surface area contributed by atoms with Gasteiger partial charge in [-0.3, -0.25) is 9.78 Å². The number of carboxylic acid groups (broad SMARTS) is 1. The first-order valence-corrected chi connectivity index (χ1v) is 11.7. The van der Waals surface area contributed by atoms with E-state index in [4.69, 9.17) is 0 Å². The summed E-state index contributed by atoms with van der Waals surface area (Å²) in [7, 11) is 0. The van der Waals surface area contributed by atoms with E-state index >= 15 is 0 Å². The van der Waals surface area contributed by atoms with Gasteiger partial charge in [-0.15, -0.1) is 0 Å². The molecule has 2 saturated carbocycles. The molecular weight excluding hydrogens is 386 g/mol. The molecule has 6 atom stereocenters. The van der Waals surface area contributed by atoms with Gasteiger partial charge in [0.15, 0.2) is 0 Å². The average molecular weight is 418 g/mol. The van der Waals surface area contributed by atoms with Crippen LogP contribution in [-0.2, 0) is 11.2 Å². The molecule has 2 fully saturated rings. The fourth-order valence-electron chi connectivity index (χ4n) is 7.26. The van der Waals surface area contributed by atoms with E-state index < -0.39 is 5.97 Å². The van der Waals surface area contributed by atoms with Crippen LogP contribution in [0.15, 0.2) is 42.6 Å². The minimum atomic E-state index is -0.847. The number of nitrogens with zero attached hydrogens (tertiary/aromatic N) is 1. The van der Waals surface area contributed by atoms with Gasteiger partial charge in [0.05, 0.1) is 17.2 Å². The predicted octanol–water partition coefficient (Wildman–Crippen LogP) is 5.62. The van der Waals surface area contributed by atoms with Gasteiger partial charge in [-0.25, -0.2) is 4.79 Å². The Balaban J connectivity index is 1.39. The molecule has 0 radical (unpaired) electrons. The van der Waals surface area contributed by atoms with Crippen LogP contribution in [0, 0.1) is 23.2 Å². The molecule has 1 heterocycles. The molecule has 1 N–H and O–H groups in total. The molecule has 0 saturated heterocycles. The summed E-state index contributed by atoms with van der Waals surface area (Å²) in [6.07, 6.45) is 8.13. The van der Waals surface area contributed by atoms with E-state index in [2.05, 4.69) is 18.0 Å². The number of Topliss-reactive ketones (excluding diaryl/α,β-unsaturated/α-hetero) is 1. The zero-order valence-electron chi connectivity index (χ0n) is 18.4. The number of hydrogen-bond donors (Lipinski definition) is 1. The van der Waals surface area contributed by atoms with Gasteiger partial charge >= 0.3 is 5.97 Å². The van der Waals surface area contributed by atoms with Crippen molar-refractivity contribution in [1.29, 1.82) is 0 Å². The Hall–Kier alpha value is -2.49. The van der Waals surface area contributed by atoms with Crippen LogP contribution < -0.4 is 0 Å². The highest BCUT2D eigenvalue weighted by Crippen LogP contribution is 2.63. The second-order valence-electron chi connectivity index (χ2n) is 10.2. The lowest BCUT2D eigenvalue weighted by Crippen LogP contribution is -2.44. The van der Waals surface area contributed by atoms with E-state index in [-0.39, 0.29) is 17.3 Å². The SMILES string of the molecule is CC(C(=O)[C@H]1CC[C@H]2[C@@H]3CCc4cc(C(=O)O)ccc4[C@H]3CC[C@]12C)c1ccccn1. The van der Waals surface area contributed by atoms with Crippen LogP contribution in [0.25, 0.3) is 0 Å². The molecule has 3 aliphatic rings. The third-order valence-electron chi connectivity index (χ3n) is 8.88. The molecule has 4 heteroatoms. The molecule has 0 bridgehead atoms. The minimum Gasteiger partial charge on any atom is -0.478 e. The number of hydrogen-bond acceptors (Lipinski definition) is 3. The average Bonchev–Trinajstić information content (AvgIpc) is 3.15. The Morgan fingerprint density at radius 1 is 1.13 bits per heavy atom. The first-order chi connectivity index (χ1) is 14.9. The van der Waals surface area contributed by atoms with Crippen molar-refractivity contribution in [1.82, 2.24) is 4.98 Å². The number of benzene rings is 1. The van der Waals surface area contributed by atoms with Crippen LogP contribution >= 0.6 is 0 Å². The van der Waals surface area contributed by atoms with E-state index in [0.29, 0.717) is 29.1 Å². The predicted molar refractivity (Wildman–Crippen MR) is 119 cm³/mol. The van der Waals surface area contributed by atoms with Gasteiger partial charge in [-0.2, -0.15) is 0 Å². The van der Waals surface area contributed by atoms with Crippen molar-refractivity contribution in [3.05, 3.63) is 65.0 Å². The highest BCUT2D eigenvalue weighted by atomic mass is 16.4. The standard InChI is InChI=1S/C27H31NO3/c1-16(24-5-3-4-14-28-24)25(29)23-11-10-22-21-9-6-17-15-18(26(30)31)7-8-19(17)20(21)12-13-27(22,23)2/h3-5,7-8,14-16,20-23H,6,9-13H2,1-2H3,(H,30,31)/t16?,20-,21-,22+,23-,27+/m1/s1. The summed E-state index contributed by atoms with van der Waals surface area (Å²) in [5.41, 5.74) is 3.93. The van der Waals surface area contributed by atoms with Crippen LogP contribution in [-0.4, -0.2) is 21.8 Å². The number of carboxylic acids is 1. The zero-order valence-corrected chi connectivity index (χ0v) is 18.4. The summed E-state index contributed by atoms with van der Waals surface area (Å²) < 4.78 is 0. The third kappa shape index (κ3) is 3.22. The number of ketones is 1. The van der Waals surface area contributed by atoms with Crippen LogP contribution in [0.1, 0.15) is 85.0 Å². The Kier molecular flexibility index (Phi) is 4.99. The Morgan fingerprint density at radius 3 is 2.71 bits per heavy atom. The fourth-order valence-corrected chi connectivity index (χ4v) is 7.26. The van der Waals surface area contributed by atoms with Crippen LogP contribution in [0.5, 0.6) is 0 Å². The van der Waals surface area contributed by atoms with E-state index in [1.165, 1.54) is 11.1 Å². The minimum absolute atomic E-state index is 0.0692. The summed E-state index contributed by atoms with van der Waals surface area (Å²) in [6.45, 7) is 4.39. The summed E-state index contributed by atoms with van der Waals surface area (Å²) in [4.78, 5) is 29.4. The number of fused-ring (bicyclic) bond motifs is 5. The molecule has 4 nitrogen and oxygen atoms in total. The molecule has 2 aromatic rings. The van der Waals surface area contributed by atoms with Gasteiger partial charge in [0.25, 0.3) is 0 Å². The molecule has 0 spiro atoms. The van der Waals surface area contributed by atoms with Crippen LogP contribution in [0.3, 0.4) is 0 Å². The Bertz CT molecular complexity index is 1020. The summed E-state index contributed by atoms with van der Waals surface area (Å²) in [5, 5.41) is 9.35. The van der Waals surface area contributed by atoms with Crippen molar-refractivity contribution >= 4 is 11.8 Å². The Morgan fingerprint density at radius 2 is 1.97 bits per heavy atom. The van der Waals surface area contributed by atoms with E-state index in [1.807, 2.05) is 31.2 Å². The number of aromatic nitrogens is 1. The van der Waals surface area contributed by atoms with Gasteiger partial charge in [0.1, 0.15) is 5.78 Å². The normalized spacial score (nSPS) is 32.5. The molecule has 1 unspecified atom stereocenters. The number of carbonyl (C=O) groups excluding carboxylic acids is 1. The number of aryl methyl sites for hydroxylation is 1. The molecule has 31 heavy (non-hydrogen) atoms. The maximum atomic E-state index is 13.6. The maximum absolute atomic E-state index is 13.6. The molecule has 0 aliphatic heterocycles. The second-order valence-corrected chi connectivity index (χ2v) is 10.2. The van der Waals surface area contributed by atoms with E-state index in [9.17, 15) is 14.7 Å². The van der Waals surface area contributed by atoms with E-state index in [1.54, 1.807) is 12.3 Å². The number of carbonyl (C=O) groups is 2. The van der Waals surface area contributed by atoms with Crippen molar-refractivity contribution in [2.24, 2.45) is 23.2 Å². The zero-order chi connectivity index (χ0) is 21.8. The van der Waals surface area contributed by atoms with Gasteiger partial charge < -0.3 is 5.11 Å². The summed E-state index contributed by atoms with van der Waals surface area (Å²) >= 11 is 0. The maximum Gasteiger partial charge on any atom is 0.335 e. The van der Waals surface area contributed by atoms with Crippen molar-refractivity contribution in [3.63, 3.8) is 0 Å². The summed E-state index contributed by atoms with van der Waals surface area (Å²) in [5.74, 6) is 1.16. The highest BCUT2D eigenvalue weighted by Gasteiger charge is 2.56. The van der Waals surface area contributed by atoms with Crippen LogP contribution in [0.4, 0.5) is 0 Å². The quantitative estimate of drug-likeness (QED) is 0.701. The van der Waals surface area contributed by atoms with Gasteiger partial charge in [0, 0.05) is 12.1 Å². The number of pyridine rings is 1. The van der Waals surface area contributed by atoms with E-state index in [0.717, 1.165) is 44.2 Å². The largest absolute Gasteiger partial charge is 0.478 e. The highest BCUT2D eigenvalue weighted by molar-refractivity contribution is 5.88. The monoisotopic (exact) mass is 417 g/mol. The lowest BCUT2D eigenvalue weighted by Gasteiger charge is -2.51. The van der Waals surface area contributed by atoms with Gasteiger partial charge in [-0.1, -0.05) is 19.1 Å². The van der Waals surface area contributed by atoms with Gasteiger partial charge in [0.2, 0.25) is 0 Å². The number of rotatable bonds is 4. The first kappa shape index (κ1) is 20.4. The lowest BCUT2D eigenvalue weighted by atomic mass is 9.53. The molecular formula is C27H31NO3. The van der Waals surface area contributed by atoms with Crippen molar-refractivity contribution in [2.75, 3.05) is 0 Å². The smallest absolute Gasteiger partial charge is 0.335 e. The first-order valence-electron chi connectivity index (χ1n) is 11.7. The molecule has 1 aromatic heterocycles. The molecule has 0 amide bonds. The number of aromatic carboxylic acids is 1. The molecule has 1 aromatic carbocycles. The Labute approximate surface area is 184 Å². The van der Waals surface area contributed by atoms with Crippen molar-refractivity contribution in [2.45, 2.75) is 64.2 Å². The van der Waals surface area contributed by atoms with Crippen molar-refractivity contribution in [3.8, 4) is 0 Å². The third-order valence-corrected chi connectivity index (χ3v) is 8.88. The topological polar surface area (TPSA) is 67.3 Å². The second kappa shape index (κ2) is 7.58. The van der Waals surface area contributed by atoms with Crippen LogP contribution in [0.2, 0.25) is 0 Å². The summed E-state index contributed by atoms with van der Waals surface area (Å²) in [6, 6.07) is 11.6. The molecule has 3 aliphatic carbocycles.